The number of hydrogen-bond donors (Lipinski definition) is 1. The number of nitrogens with zero attached hydrogens (tertiary/aromatic N) is 2. The molecule has 1 heterocycles. The molecule has 2 aromatic rings. The fraction of sp³-hybridized carbons (Fsp3) is 0.231. The Morgan fingerprint density at radius 1 is 1.24 bits per heavy atom. The summed E-state index contributed by atoms with van der Waals surface area (Å²) >= 11 is 0. The molecule has 0 amide bonds. The number of aryl methyl sites for hydroxylation is 2. The third kappa shape index (κ3) is 1.93. The van der Waals surface area contributed by atoms with E-state index in [1.165, 1.54) is 11.6 Å². The highest BCUT2D eigenvalue weighted by molar-refractivity contribution is 5.95. The summed E-state index contributed by atoms with van der Waals surface area (Å²) in [5, 5.41) is 14.0. The number of ketones is 1. The Morgan fingerprint density at radius 2 is 1.82 bits per heavy atom. The highest BCUT2D eigenvalue weighted by Gasteiger charge is 2.18. The molecule has 4 nitrogen and oxygen atoms in total. The summed E-state index contributed by atoms with van der Waals surface area (Å²) in [5.74, 6) is -0.248. The lowest BCUT2D eigenvalue weighted by molar-refractivity contribution is 0.100. The summed E-state index contributed by atoms with van der Waals surface area (Å²) in [6, 6.07) is 7.61. The third-order valence-electron chi connectivity index (χ3n) is 2.64. The molecule has 0 radical (unpaired) electrons. The number of carbonyl (C=O) groups excluding carboxylic acids is 1. The smallest absolute Gasteiger partial charge is 0.182 e. The van der Waals surface area contributed by atoms with Crippen LogP contribution < -0.4 is 0 Å². The molecule has 1 N–H and O–H groups in total. The van der Waals surface area contributed by atoms with E-state index in [0.717, 1.165) is 11.3 Å². The van der Waals surface area contributed by atoms with Crippen LogP contribution in [0.4, 0.5) is 0 Å². The Kier molecular flexibility index (Phi) is 2.71. The van der Waals surface area contributed by atoms with Crippen LogP contribution in [-0.4, -0.2) is 20.7 Å². The van der Waals surface area contributed by atoms with E-state index in [0.29, 0.717) is 5.69 Å². The SMILES string of the molecule is CC(=O)c1c(O)c(C)nn1-c1ccc(C)cc1. The van der Waals surface area contributed by atoms with Gasteiger partial charge in [0.05, 0.1) is 5.69 Å². The second-order valence-corrected chi connectivity index (χ2v) is 4.09. The van der Waals surface area contributed by atoms with Crippen molar-refractivity contribution in [3.8, 4) is 11.4 Å². The van der Waals surface area contributed by atoms with Crippen molar-refractivity contribution in [2.45, 2.75) is 20.8 Å². The fourth-order valence-electron chi connectivity index (χ4n) is 1.71. The van der Waals surface area contributed by atoms with Gasteiger partial charge in [-0.1, -0.05) is 17.7 Å². The number of carbonyl (C=O) groups is 1. The minimum absolute atomic E-state index is 0.0434. The molecule has 0 aliphatic heterocycles. The molecule has 0 saturated carbocycles. The molecule has 17 heavy (non-hydrogen) atoms. The van der Waals surface area contributed by atoms with Gasteiger partial charge in [0, 0.05) is 6.92 Å². The van der Waals surface area contributed by atoms with Gasteiger partial charge in [-0.3, -0.25) is 4.79 Å². The quantitative estimate of drug-likeness (QED) is 0.806. The number of aromatic nitrogens is 2. The molecule has 0 fully saturated rings. The van der Waals surface area contributed by atoms with Crippen LogP contribution in [0.15, 0.2) is 24.3 Å². The third-order valence-corrected chi connectivity index (χ3v) is 2.64. The van der Waals surface area contributed by atoms with Crippen LogP contribution in [0.1, 0.15) is 28.7 Å². The average molecular weight is 230 g/mol. The van der Waals surface area contributed by atoms with Crippen LogP contribution in [0.5, 0.6) is 5.75 Å². The van der Waals surface area contributed by atoms with E-state index in [-0.39, 0.29) is 17.2 Å². The van der Waals surface area contributed by atoms with E-state index < -0.39 is 0 Å². The van der Waals surface area contributed by atoms with Gasteiger partial charge in [0.15, 0.2) is 17.2 Å². The van der Waals surface area contributed by atoms with Gasteiger partial charge in [0.2, 0.25) is 0 Å². The van der Waals surface area contributed by atoms with Crippen LogP contribution in [0.3, 0.4) is 0 Å². The zero-order valence-corrected chi connectivity index (χ0v) is 10.1. The molecular weight excluding hydrogens is 216 g/mol. The van der Waals surface area contributed by atoms with Gasteiger partial charge in [-0.15, -0.1) is 0 Å². The number of rotatable bonds is 2. The Balaban J connectivity index is 2.63. The normalized spacial score (nSPS) is 10.5. The van der Waals surface area contributed by atoms with E-state index in [4.69, 9.17) is 0 Å². The molecule has 0 aliphatic carbocycles. The monoisotopic (exact) mass is 230 g/mol. The molecular formula is C13H14N2O2. The number of aromatic hydroxyl groups is 1. The molecule has 0 saturated heterocycles. The van der Waals surface area contributed by atoms with E-state index >= 15 is 0 Å². The molecule has 4 heteroatoms. The van der Waals surface area contributed by atoms with Gasteiger partial charge < -0.3 is 5.11 Å². The van der Waals surface area contributed by atoms with Crippen LogP contribution in [0.2, 0.25) is 0 Å². The average Bonchev–Trinajstić information content (AvgIpc) is 2.56. The second-order valence-electron chi connectivity index (χ2n) is 4.09. The highest BCUT2D eigenvalue weighted by atomic mass is 16.3. The summed E-state index contributed by atoms with van der Waals surface area (Å²) < 4.78 is 1.48. The van der Waals surface area contributed by atoms with Crippen LogP contribution in [-0.2, 0) is 0 Å². The van der Waals surface area contributed by atoms with E-state index in [1.54, 1.807) is 6.92 Å². The highest BCUT2D eigenvalue weighted by Crippen LogP contribution is 2.24. The minimum Gasteiger partial charge on any atom is -0.504 e. The fourth-order valence-corrected chi connectivity index (χ4v) is 1.71. The van der Waals surface area contributed by atoms with Gasteiger partial charge in [0.25, 0.3) is 0 Å². The van der Waals surface area contributed by atoms with Crippen molar-refractivity contribution in [1.29, 1.82) is 0 Å². The summed E-state index contributed by atoms with van der Waals surface area (Å²) in [5.41, 5.74) is 2.58. The molecule has 88 valence electrons. The van der Waals surface area contributed by atoms with Crippen molar-refractivity contribution < 1.29 is 9.90 Å². The largest absolute Gasteiger partial charge is 0.504 e. The van der Waals surface area contributed by atoms with Crippen molar-refractivity contribution >= 4 is 5.78 Å². The van der Waals surface area contributed by atoms with E-state index in [2.05, 4.69) is 5.10 Å². The predicted molar refractivity (Wildman–Crippen MR) is 64.7 cm³/mol. The van der Waals surface area contributed by atoms with Crippen LogP contribution in [0, 0.1) is 13.8 Å². The lowest BCUT2D eigenvalue weighted by atomic mass is 10.2. The minimum atomic E-state index is -0.205. The molecule has 2 rings (SSSR count). The summed E-state index contributed by atoms with van der Waals surface area (Å²) in [7, 11) is 0. The van der Waals surface area contributed by atoms with E-state index in [1.807, 2.05) is 31.2 Å². The number of benzene rings is 1. The lowest BCUT2D eigenvalue weighted by Crippen LogP contribution is -2.06. The first-order valence-corrected chi connectivity index (χ1v) is 5.37. The first-order chi connectivity index (χ1) is 8.00. The molecule has 1 aromatic heterocycles. The lowest BCUT2D eigenvalue weighted by Gasteiger charge is -2.05. The van der Waals surface area contributed by atoms with Crippen molar-refractivity contribution in [1.82, 2.24) is 9.78 Å². The predicted octanol–water partition coefficient (Wildman–Crippen LogP) is 2.40. The Labute approximate surface area is 99.5 Å². The Hall–Kier alpha value is -2.10. The van der Waals surface area contributed by atoms with Gasteiger partial charge in [-0.05, 0) is 26.0 Å². The molecule has 0 bridgehead atoms. The number of hydrogen-bond acceptors (Lipinski definition) is 3. The van der Waals surface area contributed by atoms with Crippen molar-refractivity contribution in [2.24, 2.45) is 0 Å². The zero-order valence-electron chi connectivity index (χ0n) is 10.1. The summed E-state index contributed by atoms with van der Waals surface area (Å²) in [6.07, 6.45) is 0. The topological polar surface area (TPSA) is 55.1 Å². The van der Waals surface area contributed by atoms with Gasteiger partial charge in [-0.25, -0.2) is 4.68 Å². The van der Waals surface area contributed by atoms with E-state index in [9.17, 15) is 9.90 Å². The first kappa shape index (κ1) is 11.4. The maximum atomic E-state index is 11.5. The first-order valence-electron chi connectivity index (χ1n) is 5.37. The van der Waals surface area contributed by atoms with Gasteiger partial charge in [0.1, 0.15) is 5.69 Å². The van der Waals surface area contributed by atoms with Gasteiger partial charge in [-0.2, -0.15) is 5.10 Å². The van der Waals surface area contributed by atoms with Crippen LogP contribution in [0.25, 0.3) is 5.69 Å². The van der Waals surface area contributed by atoms with Gasteiger partial charge >= 0.3 is 0 Å². The summed E-state index contributed by atoms with van der Waals surface area (Å²) in [4.78, 5) is 11.5. The molecule has 0 atom stereocenters. The van der Waals surface area contributed by atoms with Crippen LogP contribution >= 0.6 is 0 Å². The maximum absolute atomic E-state index is 11.5. The molecule has 0 unspecified atom stereocenters. The summed E-state index contributed by atoms with van der Waals surface area (Å²) in [6.45, 7) is 5.08. The van der Waals surface area contributed by atoms with Crippen molar-refractivity contribution in [3.63, 3.8) is 0 Å². The Morgan fingerprint density at radius 3 is 2.35 bits per heavy atom. The molecule has 1 aromatic carbocycles. The zero-order chi connectivity index (χ0) is 12.6. The maximum Gasteiger partial charge on any atom is 0.182 e. The standard InChI is InChI=1S/C13H14N2O2/c1-8-4-6-11(7-5-8)15-12(10(3)16)13(17)9(2)14-15/h4-7,17H,1-3H3. The number of Topliss-reactive ketones (excluding diaryl/α,β-unsaturated/α-hetero) is 1. The molecule has 0 spiro atoms. The molecule has 0 aliphatic rings. The van der Waals surface area contributed by atoms with Crippen molar-refractivity contribution in [3.05, 3.63) is 41.2 Å². The van der Waals surface area contributed by atoms with Crippen molar-refractivity contribution in [2.75, 3.05) is 0 Å². The Bertz CT molecular complexity index is 568. The second kappa shape index (κ2) is 4.05.